The molecule has 3 heterocycles. The summed E-state index contributed by atoms with van der Waals surface area (Å²) in [5.74, 6) is 2.43. The molecular formula is C17H22N6O2. The normalized spacial score (nSPS) is 24.7. The van der Waals surface area contributed by atoms with Crippen LogP contribution >= 0.6 is 0 Å². The maximum atomic E-state index is 13.0. The van der Waals surface area contributed by atoms with Crippen molar-refractivity contribution in [3.63, 3.8) is 0 Å². The molecule has 2 saturated carbocycles. The Balaban J connectivity index is 1.35. The first-order chi connectivity index (χ1) is 12.2. The summed E-state index contributed by atoms with van der Waals surface area (Å²) in [7, 11) is 2.04. The Bertz CT molecular complexity index is 791. The second kappa shape index (κ2) is 5.66. The molecule has 8 heteroatoms. The third kappa shape index (κ3) is 2.74. The molecule has 1 unspecified atom stereocenters. The number of rotatable bonds is 4. The molecule has 3 aliphatic rings. The maximum Gasteiger partial charge on any atom is 0.257 e. The second-order valence-corrected chi connectivity index (χ2v) is 7.48. The van der Waals surface area contributed by atoms with Gasteiger partial charge in [0.15, 0.2) is 5.82 Å². The van der Waals surface area contributed by atoms with Crippen LogP contribution in [-0.4, -0.2) is 62.7 Å². The summed E-state index contributed by atoms with van der Waals surface area (Å²) in [6.07, 6.45) is 6.24. The van der Waals surface area contributed by atoms with E-state index in [1.165, 1.54) is 0 Å². The predicted octanol–water partition coefficient (Wildman–Crippen LogP) is 1.68. The van der Waals surface area contributed by atoms with E-state index < -0.39 is 0 Å². The molecule has 1 amide bonds. The molecule has 5 rings (SSSR count). The largest absolute Gasteiger partial charge is 0.338 e. The van der Waals surface area contributed by atoms with Crippen molar-refractivity contribution >= 4 is 5.91 Å². The van der Waals surface area contributed by atoms with Crippen LogP contribution < -0.4 is 0 Å². The number of amides is 1. The molecule has 132 valence electrons. The molecule has 3 fully saturated rings. The van der Waals surface area contributed by atoms with Gasteiger partial charge in [0.1, 0.15) is 6.04 Å². The van der Waals surface area contributed by atoms with Gasteiger partial charge in [-0.05, 0) is 32.7 Å². The second-order valence-electron chi connectivity index (χ2n) is 7.48. The smallest absolute Gasteiger partial charge is 0.257 e. The number of piperazine rings is 1. The van der Waals surface area contributed by atoms with Crippen molar-refractivity contribution in [3.8, 4) is 0 Å². The Morgan fingerprint density at radius 3 is 2.80 bits per heavy atom. The molecule has 2 aromatic rings. The number of likely N-dealkylation sites (N-methyl/N-ethyl adjacent to an activating group) is 1. The number of hydrogen-bond acceptors (Lipinski definition) is 6. The van der Waals surface area contributed by atoms with E-state index >= 15 is 0 Å². The monoisotopic (exact) mass is 342 g/mol. The first-order valence-electron chi connectivity index (χ1n) is 9.07. The van der Waals surface area contributed by atoms with E-state index in [9.17, 15) is 4.79 Å². The molecule has 8 nitrogen and oxygen atoms in total. The summed E-state index contributed by atoms with van der Waals surface area (Å²) in [6, 6.07) is -0.0472. The molecule has 0 radical (unpaired) electrons. The number of aromatic amines is 1. The number of nitrogens with one attached hydrogen (secondary N) is 1. The first-order valence-corrected chi connectivity index (χ1v) is 9.07. The van der Waals surface area contributed by atoms with E-state index in [0.29, 0.717) is 30.8 Å². The minimum atomic E-state index is -0.0472. The van der Waals surface area contributed by atoms with Gasteiger partial charge in [0.25, 0.3) is 5.91 Å². The average molecular weight is 342 g/mol. The first kappa shape index (κ1) is 15.1. The number of carbonyl (C=O) groups is 1. The molecule has 1 atom stereocenters. The van der Waals surface area contributed by atoms with Crippen LogP contribution in [0.5, 0.6) is 0 Å². The van der Waals surface area contributed by atoms with Crippen LogP contribution in [0.4, 0.5) is 0 Å². The van der Waals surface area contributed by atoms with Crippen LogP contribution in [-0.2, 0) is 0 Å². The maximum absolute atomic E-state index is 13.0. The van der Waals surface area contributed by atoms with E-state index in [0.717, 1.165) is 49.3 Å². The van der Waals surface area contributed by atoms with Crippen LogP contribution in [0, 0.1) is 0 Å². The molecule has 0 bridgehead atoms. The zero-order valence-corrected chi connectivity index (χ0v) is 14.3. The molecule has 1 aliphatic heterocycles. The van der Waals surface area contributed by atoms with Crippen molar-refractivity contribution in [3.05, 3.63) is 29.2 Å². The predicted molar refractivity (Wildman–Crippen MR) is 88.1 cm³/mol. The van der Waals surface area contributed by atoms with Gasteiger partial charge in [-0.25, -0.2) is 0 Å². The van der Waals surface area contributed by atoms with E-state index in [-0.39, 0.29) is 11.9 Å². The lowest BCUT2D eigenvalue weighted by Crippen LogP contribution is -2.49. The summed E-state index contributed by atoms with van der Waals surface area (Å²) in [6.45, 7) is 2.05. The van der Waals surface area contributed by atoms with Gasteiger partial charge in [0.05, 0.1) is 17.5 Å². The highest BCUT2D eigenvalue weighted by Crippen LogP contribution is 2.41. The third-order valence-corrected chi connectivity index (χ3v) is 5.51. The van der Waals surface area contributed by atoms with Crippen LogP contribution in [0.2, 0.25) is 0 Å². The topological polar surface area (TPSA) is 91.2 Å². The summed E-state index contributed by atoms with van der Waals surface area (Å²) in [4.78, 5) is 21.7. The Morgan fingerprint density at radius 1 is 1.24 bits per heavy atom. The van der Waals surface area contributed by atoms with Crippen LogP contribution in [0.1, 0.15) is 71.3 Å². The lowest BCUT2D eigenvalue weighted by atomic mass is 10.1. The van der Waals surface area contributed by atoms with Gasteiger partial charge in [-0.15, -0.1) is 0 Å². The van der Waals surface area contributed by atoms with Crippen molar-refractivity contribution in [2.75, 3.05) is 26.7 Å². The van der Waals surface area contributed by atoms with E-state index in [4.69, 9.17) is 4.52 Å². The summed E-state index contributed by atoms with van der Waals surface area (Å²) in [5.41, 5.74) is 1.71. The zero-order valence-electron chi connectivity index (χ0n) is 14.3. The Labute approximate surface area is 145 Å². The summed E-state index contributed by atoms with van der Waals surface area (Å²) < 4.78 is 5.51. The Kier molecular flexibility index (Phi) is 3.41. The Hall–Kier alpha value is -2.22. The molecular weight excluding hydrogens is 320 g/mol. The molecule has 0 aromatic carbocycles. The minimum absolute atomic E-state index is 0.0472. The quantitative estimate of drug-likeness (QED) is 0.909. The van der Waals surface area contributed by atoms with Crippen LogP contribution in [0.15, 0.2) is 10.7 Å². The van der Waals surface area contributed by atoms with Crippen molar-refractivity contribution in [1.29, 1.82) is 0 Å². The molecule has 1 N–H and O–H groups in total. The van der Waals surface area contributed by atoms with Gasteiger partial charge in [-0.1, -0.05) is 5.16 Å². The highest BCUT2D eigenvalue weighted by Gasteiger charge is 2.37. The number of nitrogens with zero attached hydrogens (tertiary/aromatic N) is 5. The standard InChI is InChI=1S/C17H22N6O2/c1-22-6-7-23(17(24)12-8-18-20-14(12)10-2-3-10)9-13(22)16-19-15(21-25-16)11-4-5-11/h8,10-11,13H,2-7,9H2,1H3,(H,18,20). The van der Waals surface area contributed by atoms with E-state index in [2.05, 4.69) is 25.2 Å². The average Bonchev–Trinajstić information content (AvgIpc) is 3.56. The fourth-order valence-corrected chi connectivity index (χ4v) is 3.53. The number of aromatic nitrogens is 4. The minimum Gasteiger partial charge on any atom is -0.338 e. The van der Waals surface area contributed by atoms with Crippen molar-refractivity contribution in [1.82, 2.24) is 30.1 Å². The molecule has 0 spiro atoms. The number of hydrogen-bond donors (Lipinski definition) is 1. The fraction of sp³-hybridized carbons (Fsp3) is 0.647. The Morgan fingerprint density at radius 2 is 2.04 bits per heavy atom. The van der Waals surface area contributed by atoms with Crippen molar-refractivity contribution in [2.45, 2.75) is 43.6 Å². The van der Waals surface area contributed by atoms with Gasteiger partial charge in [0, 0.05) is 31.5 Å². The summed E-state index contributed by atoms with van der Waals surface area (Å²) in [5, 5.41) is 11.2. The molecule has 25 heavy (non-hydrogen) atoms. The molecule has 2 aliphatic carbocycles. The van der Waals surface area contributed by atoms with Gasteiger partial charge >= 0.3 is 0 Å². The van der Waals surface area contributed by atoms with Gasteiger partial charge < -0.3 is 9.42 Å². The lowest BCUT2D eigenvalue weighted by Gasteiger charge is -2.37. The van der Waals surface area contributed by atoms with E-state index in [1.54, 1.807) is 6.20 Å². The highest BCUT2D eigenvalue weighted by molar-refractivity contribution is 5.95. The lowest BCUT2D eigenvalue weighted by molar-refractivity contribution is 0.0488. The van der Waals surface area contributed by atoms with Crippen LogP contribution in [0.25, 0.3) is 0 Å². The van der Waals surface area contributed by atoms with Crippen molar-refractivity contribution in [2.24, 2.45) is 0 Å². The highest BCUT2D eigenvalue weighted by atomic mass is 16.5. The summed E-state index contributed by atoms with van der Waals surface area (Å²) >= 11 is 0. The number of H-pyrrole nitrogens is 1. The van der Waals surface area contributed by atoms with E-state index in [1.807, 2.05) is 11.9 Å². The molecule has 2 aromatic heterocycles. The van der Waals surface area contributed by atoms with Gasteiger partial charge in [0.2, 0.25) is 5.89 Å². The third-order valence-electron chi connectivity index (χ3n) is 5.51. The zero-order chi connectivity index (χ0) is 17.0. The van der Waals surface area contributed by atoms with Gasteiger partial charge in [-0.2, -0.15) is 10.1 Å². The molecule has 1 saturated heterocycles. The fourth-order valence-electron chi connectivity index (χ4n) is 3.53. The number of carbonyl (C=O) groups excluding carboxylic acids is 1. The SMILES string of the molecule is CN1CCN(C(=O)c2cn[nH]c2C2CC2)CC1c1nc(C2CC2)no1. The van der Waals surface area contributed by atoms with Crippen LogP contribution in [0.3, 0.4) is 0 Å². The van der Waals surface area contributed by atoms with Crippen molar-refractivity contribution < 1.29 is 9.32 Å². The van der Waals surface area contributed by atoms with Gasteiger partial charge in [-0.3, -0.25) is 14.8 Å².